The molecule has 2 aromatic rings. The Morgan fingerprint density at radius 1 is 1.26 bits per heavy atom. The minimum atomic E-state index is -0.233. The van der Waals surface area contributed by atoms with Crippen LogP contribution < -0.4 is 15.8 Å². The van der Waals surface area contributed by atoms with Crippen LogP contribution in [0.25, 0.3) is 0 Å². The summed E-state index contributed by atoms with van der Waals surface area (Å²) in [4.78, 5) is 12.1. The number of methoxy groups -OCH3 is 1. The van der Waals surface area contributed by atoms with E-state index in [0.717, 1.165) is 4.47 Å². The van der Waals surface area contributed by atoms with Gasteiger partial charge in [0.25, 0.3) is 5.91 Å². The van der Waals surface area contributed by atoms with Gasteiger partial charge in [-0.25, -0.2) is 0 Å². The van der Waals surface area contributed by atoms with E-state index in [1.807, 2.05) is 24.3 Å². The van der Waals surface area contributed by atoms with Crippen LogP contribution in [0.1, 0.15) is 10.4 Å². The number of amides is 1. The molecule has 0 spiro atoms. The van der Waals surface area contributed by atoms with Gasteiger partial charge in [-0.2, -0.15) is 0 Å². The van der Waals surface area contributed by atoms with Gasteiger partial charge in [-0.1, -0.05) is 22.0 Å². The van der Waals surface area contributed by atoms with E-state index in [1.54, 1.807) is 18.2 Å². The Morgan fingerprint density at radius 3 is 2.74 bits per heavy atom. The summed E-state index contributed by atoms with van der Waals surface area (Å²) in [5.41, 5.74) is 7.37. The molecule has 0 saturated heterocycles. The van der Waals surface area contributed by atoms with Crippen molar-refractivity contribution in [2.45, 2.75) is 0 Å². The number of carbonyl (C=O) groups excluding carboxylic acids is 1. The van der Waals surface area contributed by atoms with Crippen LogP contribution in [-0.4, -0.2) is 13.0 Å². The van der Waals surface area contributed by atoms with Crippen molar-refractivity contribution in [3.8, 4) is 5.75 Å². The molecule has 0 bridgehead atoms. The number of nitrogens with one attached hydrogen (secondary N) is 1. The summed E-state index contributed by atoms with van der Waals surface area (Å²) in [5.74, 6) is 0.322. The minimum Gasteiger partial charge on any atom is -0.497 e. The van der Waals surface area contributed by atoms with Gasteiger partial charge in [0.2, 0.25) is 0 Å². The number of benzene rings is 2. The van der Waals surface area contributed by atoms with Crippen LogP contribution in [0, 0.1) is 0 Å². The zero-order chi connectivity index (χ0) is 13.8. The molecule has 0 radical (unpaired) electrons. The summed E-state index contributed by atoms with van der Waals surface area (Å²) >= 11 is 3.35. The van der Waals surface area contributed by atoms with Crippen molar-refractivity contribution in [2.75, 3.05) is 18.2 Å². The highest BCUT2D eigenvalue weighted by atomic mass is 79.9. The van der Waals surface area contributed by atoms with Gasteiger partial charge < -0.3 is 15.8 Å². The van der Waals surface area contributed by atoms with Crippen molar-refractivity contribution in [3.05, 3.63) is 52.5 Å². The van der Waals surface area contributed by atoms with Gasteiger partial charge in [-0.15, -0.1) is 0 Å². The van der Waals surface area contributed by atoms with Gasteiger partial charge in [-0.3, -0.25) is 4.79 Å². The molecular formula is C14H13BrN2O2. The smallest absolute Gasteiger partial charge is 0.255 e. The lowest BCUT2D eigenvalue weighted by Gasteiger charge is -2.08. The van der Waals surface area contributed by atoms with E-state index < -0.39 is 0 Å². The first kappa shape index (κ1) is 13.4. The number of anilines is 2. The Hall–Kier alpha value is -2.01. The van der Waals surface area contributed by atoms with E-state index in [4.69, 9.17) is 10.5 Å². The predicted octanol–water partition coefficient (Wildman–Crippen LogP) is 3.29. The first-order chi connectivity index (χ1) is 9.08. The second kappa shape index (κ2) is 5.75. The molecule has 1 amide bonds. The molecule has 98 valence electrons. The lowest BCUT2D eigenvalue weighted by molar-refractivity contribution is 0.102. The Kier molecular flexibility index (Phi) is 4.06. The molecule has 0 atom stereocenters. The number of halogens is 1. The second-order valence-corrected chi connectivity index (χ2v) is 4.87. The van der Waals surface area contributed by atoms with Crippen LogP contribution in [0.15, 0.2) is 46.9 Å². The number of rotatable bonds is 3. The third kappa shape index (κ3) is 3.48. The van der Waals surface area contributed by atoms with Crippen LogP contribution >= 0.6 is 15.9 Å². The zero-order valence-corrected chi connectivity index (χ0v) is 11.9. The topological polar surface area (TPSA) is 64.3 Å². The number of hydrogen-bond acceptors (Lipinski definition) is 3. The minimum absolute atomic E-state index is 0.233. The largest absolute Gasteiger partial charge is 0.497 e. The molecule has 0 saturated carbocycles. The molecule has 0 unspecified atom stereocenters. The number of nitrogens with two attached hydrogens (primary N) is 1. The second-order valence-electron chi connectivity index (χ2n) is 3.96. The summed E-state index contributed by atoms with van der Waals surface area (Å²) < 4.78 is 5.99. The van der Waals surface area contributed by atoms with Gasteiger partial charge in [0, 0.05) is 27.5 Å². The highest BCUT2D eigenvalue weighted by Gasteiger charge is 2.09. The number of carbonyl (C=O) groups is 1. The van der Waals surface area contributed by atoms with E-state index in [9.17, 15) is 4.79 Å². The molecule has 4 nitrogen and oxygen atoms in total. The van der Waals surface area contributed by atoms with Gasteiger partial charge in [0.15, 0.2) is 0 Å². The third-order valence-electron chi connectivity index (χ3n) is 2.51. The summed E-state index contributed by atoms with van der Waals surface area (Å²) in [6.07, 6.45) is 0. The number of nitrogen functional groups attached to an aromatic ring is 1. The van der Waals surface area contributed by atoms with Crippen LogP contribution in [0.4, 0.5) is 11.4 Å². The van der Waals surface area contributed by atoms with E-state index in [1.165, 1.54) is 7.11 Å². The maximum Gasteiger partial charge on any atom is 0.255 e. The highest BCUT2D eigenvalue weighted by molar-refractivity contribution is 9.10. The van der Waals surface area contributed by atoms with Gasteiger partial charge in [0.1, 0.15) is 5.75 Å². The van der Waals surface area contributed by atoms with E-state index in [-0.39, 0.29) is 5.91 Å². The first-order valence-electron chi connectivity index (χ1n) is 5.60. The average Bonchev–Trinajstić information content (AvgIpc) is 2.38. The van der Waals surface area contributed by atoms with Gasteiger partial charge in [0.05, 0.1) is 7.11 Å². The van der Waals surface area contributed by atoms with Crippen LogP contribution in [0.3, 0.4) is 0 Å². The molecule has 0 fully saturated rings. The first-order valence-corrected chi connectivity index (χ1v) is 6.39. The molecule has 2 aromatic carbocycles. The summed E-state index contributed by atoms with van der Waals surface area (Å²) in [6.45, 7) is 0. The van der Waals surface area contributed by atoms with Crippen molar-refractivity contribution >= 4 is 33.2 Å². The molecule has 0 heterocycles. The fraction of sp³-hybridized carbons (Fsp3) is 0.0714. The van der Waals surface area contributed by atoms with Crippen molar-refractivity contribution in [2.24, 2.45) is 0 Å². The summed E-state index contributed by atoms with van der Waals surface area (Å²) in [5, 5.41) is 2.80. The molecule has 5 heteroatoms. The fourth-order valence-corrected chi connectivity index (χ4v) is 2.04. The van der Waals surface area contributed by atoms with Crippen molar-refractivity contribution in [3.63, 3.8) is 0 Å². The zero-order valence-electron chi connectivity index (χ0n) is 10.3. The van der Waals surface area contributed by atoms with Gasteiger partial charge in [-0.05, 0) is 30.3 Å². The van der Waals surface area contributed by atoms with Crippen LogP contribution in [-0.2, 0) is 0 Å². The van der Waals surface area contributed by atoms with Crippen molar-refractivity contribution < 1.29 is 9.53 Å². The van der Waals surface area contributed by atoms with E-state index >= 15 is 0 Å². The molecular weight excluding hydrogens is 308 g/mol. The molecule has 0 aromatic heterocycles. The van der Waals surface area contributed by atoms with Crippen LogP contribution in [0.5, 0.6) is 5.75 Å². The summed E-state index contributed by atoms with van der Waals surface area (Å²) in [6, 6.07) is 12.3. The molecule has 19 heavy (non-hydrogen) atoms. The molecule has 0 aliphatic rings. The van der Waals surface area contributed by atoms with E-state index in [2.05, 4.69) is 21.2 Å². The Labute approximate surface area is 119 Å². The van der Waals surface area contributed by atoms with E-state index in [0.29, 0.717) is 22.7 Å². The Bertz CT molecular complexity index is 614. The molecule has 0 aliphatic heterocycles. The SMILES string of the molecule is COc1cc(N)cc(C(=O)Nc2cccc(Br)c2)c1. The Balaban J connectivity index is 2.22. The lowest BCUT2D eigenvalue weighted by Crippen LogP contribution is -2.12. The molecule has 3 N–H and O–H groups in total. The third-order valence-corrected chi connectivity index (χ3v) is 3.00. The fourth-order valence-electron chi connectivity index (χ4n) is 1.64. The number of hydrogen-bond donors (Lipinski definition) is 2. The monoisotopic (exact) mass is 320 g/mol. The quantitative estimate of drug-likeness (QED) is 0.853. The van der Waals surface area contributed by atoms with Crippen molar-refractivity contribution in [1.29, 1.82) is 0 Å². The predicted molar refractivity (Wildman–Crippen MR) is 79.5 cm³/mol. The van der Waals surface area contributed by atoms with Crippen molar-refractivity contribution in [1.82, 2.24) is 0 Å². The lowest BCUT2D eigenvalue weighted by atomic mass is 10.1. The normalized spacial score (nSPS) is 10.0. The molecule has 0 aliphatic carbocycles. The Morgan fingerprint density at radius 2 is 2.05 bits per heavy atom. The standard InChI is InChI=1S/C14H13BrN2O2/c1-19-13-6-9(5-11(16)8-13)14(18)17-12-4-2-3-10(15)7-12/h2-8H,16H2,1H3,(H,17,18). The average molecular weight is 321 g/mol. The van der Waals surface area contributed by atoms with Crippen LogP contribution in [0.2, 0.25) is 0 Å². The molecule has 2 rings (SSSR count). The number of ether oxygens (including phenoxy) is 1. The maximum absolute atomic E-state index is 12.1. The highest BCUT2D eigenvalue weighted by Crippen LogP contribution is 2.20. The maximum atomic E-state index is 12.1. The summed E-state index contributed by atoms with van der Waals surface area (Å²) in [7, 11) is 1.53. The van der Waals surface area contributed by atoms with Gasteiger partial charge >= 0.3 is 0 Å².